The largest absolute Gasteiger partial charge is 0.381 e. The lowest BCUT2D eigenvalue weighted by Crippen LogP contribution is -2.51. The van der Waals surface area contributed by atoms with Crippen molar-refractivity contribution in [3.63, 3.8) is 0 Å². The number of aliphatic imine (C=N–C) groups is 1. The van der Waals surface area contributed by atoms with Crippen molar-refractivity contribution in [3.05, 3.63) is 34.9 Å². The van der Waals surface area contributed by atoms with E-state index in [1.165, 1.54) is 5.56 Å². The van der Waals surface area contributed by atoms with Gasteiger partial charge in [-0.1, -0.05) is 36.2 Å². The Hall–Kier alpha value is -1.06. The molecule has 6 nitrogen and oxygen atoms in total. The molecule has 2 aliphatic rings. The number of halogens is 2. The van der Waals surface area contributed by atoms with Crippen LogP contribution in [-0.2, 0) is 14.9 Å². The molecule has 180 valence electrons. The van der Waals surface area contributed by atoms with E-state index in [1.54, 1.807) is 7.05 Å². The highest BCUT2D eigenvalue weighted by atomic mass is 127. The molecule has 3 rings (SSSR count). The van der Waals surface area contributed by atoms with E-state index in [9.17, 15) is 4.79 Å². The Kier molecular flexibility index (Phi) is 11.0. The summed E-state index contributed by atoms with van der Waals surface area (Å²) >= 11 is 6.58. The fraction of sp³-hybridized carbons (Fsp3) is 0.667. The van der Waals surface area contributed by atoms with Gasteiger partial charge in [0.1, 0.15) is 0 Å². The zero-order valence-corrected chi connectivity index (χ0v) is 22.5. The number of nitrogens with zero attached hydrogens (tertiary/aromatic N) is 1. The second-order valence-electron chi connectivity index (χ2n) is 9.17. The van der Waals surface area contributed by atoms with Crippen molar-refractivity contribution in [2.24, 2.45) is 10.9 Å². The first kappa shape index (κ1) is 27.2. The van der Waals surface area contributed by atoms with E-state index < -0.39 is 0 Å². The number of hydrogen-bond donors (Lipinski definition) is 3. The molecule has 1 aromatic rings. The van der Waals surface area contributed by atoms with Gasteiger partial charge in [0.15, 0.2) is 5.96 Å². The Morgan fingerprint density at radius 1 is 1.25 bits per heavy atom. The van der Waals surface area contributed by atoms with E-state index in [4.69, 9.17) is 16.3 Å². The van der Waals surface area contributed by atoms with Crippen molar-refractivity contribution in [1.82, 2.24) is 16.0 Å². The van der Waals surface area contributed by atoms with Gasteiger partial charge in [0.2, 0.25) is 5.91 Å². The van der Waals surface area contributed by atoms with Crippen LogP contribution < -0.4 is 16.0 Å². The molecule has 3 N–H and O–H groups in total. The van der Waals surface area contributed by atoms with Crippen molar-refractivity contribution in [3.8, 4) is 0 Å². The third-order valence-corrected chi connectivity index (χ3v) is 6.86. The van der Waals surface area contributed by atoms with Crippen LogP contribution in [0.5, 0.6) is 0 Å². The van der Waals surface area contributed by atoms with E-state index in [0.717, 1.165) is 69.3 Å². The van der Waals surface area contributed by atoms with E-state index in [2.05, 4.69) is 33.1 Å². The zero-order chi connectivity index (χ0) is 22.3. The Morgan fingerprint density at radius 2 is 1.97 bits per heavy atom. The predicted octanol–water partition coefficient (Wildman–Crippen LogP) is 4.25. The maximum atomic E-state index is 12.5. The number of nitrogens with one attached hydrogen (secondary N) is 3. The summed E-state index contributed by atoms with van der Waals surface area (Å²) in [6, 6.07) is 8.54. The molecule has 1 saturated heterocycles. The SMILES string of the molecule is CN=C(NCC1(c2ccccc2Cl)CCOCC1)NC1CCCC(C(=O)NC(C)C)C1.I. The van der Waals surface area contributed by atoms with Gasteiger partial charge in [0.25, 0.3) is 0 Å². The number of guanidine groups is 1. The van der Waals surface area contributed by atoms with Crippen molar-refractivity contribution >= 4 is 47.4 Å². The molecule has 0 aromatic heterocycles. The summed E-state index contributed by atoms with van der Waals surface area (Å²) in [5, 5.41) is 11.0. The number of hydrogen-bond acceptors (Lipinski definition) is 3. The topological polar surface area (TPSA) is 74.8 Å². The number of amides is 1. The van der Waals surface area contributed by atoms with Crippen LogP contribution in [0, 0.1) is 5.92 Å². The third-order valence-electron chi connectivity index (χ3n) is 6.53. The molecule has 0 bridgehead atoms. The van der Waals surface area contributed by atoms with Crippen LogP contribution in [0.2, 0.25) is 5.02 Å². The monoisotopic (exact) mass is 576 g/mol. The standard InChI is InChI=1S/C24H37ClN4O2.HI/c1-17(2)28-22(30)18-7-6-8-19(15-18)29-23(26-3)27-16-24(11-13-31-14-12-24)20-9-4-5-10-21(20)25;/h4-5,9-10,17-19H,6-8,11-16H2,1-3H3,(H,28,30)(H2,26,27,29);1H. The zero-order valence-electron chi connectivity index (χ0n) is 19.5. The van der Waals surface area contributed by atoms with Gasteiger partial charge >= 0.3 is 0 Å². The van der Waals surface area contributed by atoms with Gasteiger partial charge in [0, 0.05) is 55.2 Å². The highest BCUT2D eigenvalue weighted by Crippen LogP contribution is 2.38. The summed E-state index contributed by atoms with van der Waals surface area (Å²) < 4.78 is 5.65. The van der Waals surface area contributed by atoms with Crippen LogP contribution in [0.1, 0.15) is 57.9 Å². The number of carbonyl (C=O) groups excluding carboxylic acids is 1. The predicted molar refractivity (Wildman–Crippen MR) is 142 cm³/mol. The third kappa shape index (κ3) is 7.22. The summed E-state index contributed by atoms with van der Waals surface area (Å²) in [6.45, 7) is 6.22. The molecule has 1 amide bonds. The van der Waals surface area contributed by atoms with Gasteiger partial charge in [-0.15, -0.1) is 24.0 Å². The second kappa shape index (κ2) is 13.0. The normalized spacial score (nSPS) is 23.2. The summed E-state index contributed by atoms with van der Waals surface area (Å²) in [5.41, 5.74) is 1.09. The molecule has 1 aliphatic heterocycles. The molecule has 1 saturated carbocycles. The van der Waals surface area contributed by atoms with Gasteiger partial charge in [-0.05, 0) is 57.6 Å². The van der Waals surface area contributed by atoms with Crippen LogP contribution in [0.25, 0.3) is 0 Å². The molecular formula is C24H38ClIN4O2. The lowest BCUT2D eigenvalue weighted by Gasteiger charge is -2.39. The molecule has 1 aromatic carbocycles. The van der Waals surface area contributed by atoms with Crippen LogP contribution in [0.4, 0.5) is 0 Å². The Balaban J connectivity index is 0.00000363. The molecule has 1 aliphatic carbocycles. The average molecular weight is 577 g/mol. The molecule has 2 atom stereocenters. The van der Waals surface area contributed by atoms with Crippen LogP contribution >= 0.6 is 35.6 Å². The van der Waals surface area contributed by atoms with Gasteiger partial charge in [-0.3, -0.25) is 9.79 Å². The Bertz CT molecular complexity index is 768. The number of benzene rings is 1. The van der Waals surface area contributed by atoms with Crippen molar-refractivity contribution < 1.29 is 9.53 Å². The molecule has 0 radical (unpaired) electrons. The maximum absolute atomic E-state index is 12.5. The van der Waals surface area contributed by atoms with E-state index in [0.29, 0.717) is 0 Å². The van der Waals surface area contributed by atoms with Gasteiger partial charge in [-0.2, -0.15) is 0 Å². The molecule has 2 unspecified atom stereocenters. The molecule has 2 fully saturated rings. The first-order valence-electron chi connectivity index (χ1n) is 11.5. The highest BCUT2D eigenvalue weighted by Gasteiger charge is 2.36. The van der Waals surface area contributed by atoms with E-state index in [-0.39, 0.29) is 53.3 Å². The summed E-state index contributed by atoms with van der Waals surface area (Å²) in [7, 11) is 1.80. The van der Waals surface area contributed by atoms with Gasteiger partial charge < -0.3 is 20.7 Å². The van der Waals surface area contributed by atoms with Gasteiger partial charge in [-0.25, -0.2) is 0 Å². The van der Waals surface area contributed by atoms with E-state index in [1.807, 2.05) is 26.0 Å². The van der Waals surface area contributed by atoms with Crippen LogP contribution in [0.15, 0.2) is 29.3 Å². The van der Waals surface area contributed by atoms with Gasteiger partial charge in [0.05, 0.1) is 0 Å². The Morgan fingerprint density at radius 3 is 2.62 bits per heavy atom. The molecule has 32 heavy (non-hydrogen) atoms. The molecule has 8 heteroatoms. The molecule has 1 heterocycles. The van der Waals surface area contributed by atoms with Crippen molar-refractivity contribution in [2.45, 2.75) is 69.9 Å². The second-order valence-corrected chi connectivity index (χ2v) is 9.57. The van der Waals surface area contributed by atoms with Crippen molar-refractivity contribution in [2.75, 3.05) is 26.8 Å². The first-order chi connectivity index (χ1) is 14.9. The first-order valence-corrected chi connectivity index (χ1v) is 11.9. The quantitative estimate of drug-likeness (QED) is 0.269. The Labute approximate surface area is 214 Å². The van der Waals surface area contributed by atoms with Crippen LogP contribution in [0.3, 0.4) is 0 Å². The fourth-order valence-electron chi connectivity index (χ4n) is 4.80. The minimum absolute atomic E-state index is 0. The fourth-order valence-corrected chi connectivity index (χ4v) is 5.13. The summed E-state index contributed by atoms with van der Waals surface area (Å²) in [4.78, 5) is 16.9. The van der Waals surface area contributed by atoms with E-state index >= 15 is 0 Å². The highest BCUT2D eigenvalue weighted by molar-refractivity contribution is 14.0. The van der Waals surface area contributed by atoms with Crippen molar-refractivity contribution in [1.29, 1.82) is 0 Å². The van der Waals surface area contributed by atoms with Crippen LogP contribution in [-0.4, -0.2) is 50.8 Å². The summed E-state index contributed by atoms with van der Waals surface area (Å²) in [5.74, 6) is 1.02. The maximum Gasteiger partial charge on any atom is 0.223 e. The number of ether oxygens (including phenoxy) is 1. The lowest BCUT2D eigenvalue weighted by molar-refractivity contribution is -0.126. The minimum Gasteiger partial charge on any atom is -0.381 e. The number of carbonyl (C=O) groups is 1. The smallest absolute Gasteiger partial charge is 0.223 e. The summed E-state index contributed by atoms with van der Waals surface area (Å²) in [6.07, 6.45) is 5.73. The number of rotatable bonds is 6. The molecular weight excluding hydrogens is 539 g/mol. The minimum atomic E-state index is -0.0829. The average Bonchev–Trinajstić information content (AvgIpc) is 2.77. The lowest BCUT2D eigenvalue weighted by atomic mass is 9.74. The molecule has 0 spiro atoms.